The largest absolute Gasteiger partial charge is 0.342 e. The molecule has 2 fully saturated rings. The molecule has 3 rings (SSSR count). The molecular weight excluding hydrogens is 332 g/mol. The fourth-order valence-electron chi connectivity index (χ4n) is 3.15. The third kappa shape index (κ3) is 3.73. The molecule has 1 amide bonds. The number of carbonyl (C=O) groups is 1. The van der Waals surface area contributed by atoms with Crippen LogP contribution in [-0.2, 0) is 4.79 Å². The molecule has 0 aliphatic carbocycles. The van der Waals surface area contributed by atoms with Crippen LogP contribution in [0.25, 0.3) is 0 Å². The highest BCUT2D eigenvalue weighted by atomic mass is 79.9. The van der Waals surface area contributed by atoms with Gasteiger partial charge in [-0.15, -0.1) is 0 Å². The average molecular weight is 353 g/mol. The lowest BCUT2D eigenvalue weighted by atomic mass is 9.95. The minimum absolute atomic E-state index is 0.347. The standard InChI is InChI=1S/C15H21BrN4O/c16-13-9-17-15(18-10-13)19-7-4-12(5-8-19)11-20-6-2-1-3-14(20)21/h9-10,12H,1-8,11H2. The number of carbonyl (C=O) groups excluding carboxylic acids is 1. The van der Waals surface area contributed by atoms with Crippen LogP contribution in [0, 0.1) is 5.92 Å². The second-order valence-electron chi connectivity index (χ2n) is 5.93. The monoisotopic (exact) mass is 352 g/mol. The summed E-state index contributed by atoms with van der Waals surface area (Å²) in [5, 5.41) is 0. The van der Waals surface area contributed by atoms with Crippen LogP contribution in [-0.4, -0.2) is 47.0 Å². The maximum atomic E-state index is 11.9. The highest BCUT2D eigenvalue weighted by Crippen LogP contribution is 2.23. The lowest BCUT2D eigenvalue weighted by Crippen LogP contribution is -2.43. The number of halogens is 1. The minimum atomic E-state index is 0.347. The molecule has 2 aliphatic heterocycles. The van der Waals surface area contributed by atoms with Crippen molar-refractivity contribution in [3.05, 3.63) is 16.9 Å². The van der Waals surface area contributed by atoms with Gasteiger partial charge < -0.3 is 9.80 Å². The van der Waals surface area contributed by atoms with Gasteiger partial charge in [0.25, 0.3) is 0 Å². The van der Waals surface area contributed by atoms with Crippen molar-refractivity contribution in [2.45, 2.75) is 32.1 Å². The third-order valence-electron chi connectivity index (χ3n) is 4.40. The van der Waals surface area contributed by atoms with Crippen molar-refractivity contribution >= 4 is 27.8 Å². The van der Waals surface area contributed by atoms with Gasteiger partial charge in [-0.3, -0.25) is 4.79 Å². The van der Waals surface area contributed by atoms with Crippen molar-refractivity contribution in [2.24, 2.45) is 5.92 Å². The summed E-state index contributed by atoms with van der Waals surface area (Å²) in [5.74, 6) is 1.78. The first-order chi connectivity index (χ1) is 10.2. The molecule has 0 atom stereocenters. The summed E-state index contributed by atoms with van der Waals surface area (Å²) in [4.78, 5) is 24.9. The first kappa shape index (κ1) is 14.8. The van der Waals surface area contributed by atoms with Gasteiger partial charge in [-0.25, -0.2) is 9.97 Å². The molecule has 1 aromatic heterocycles. The quantitative estimate of drug-likeness (QED) is 0.838. The molecule has 2 saturated heterocycles. The number of amides is 1. The number of likely N-dealkylation sites (tertiary alicyclic amines) is 1. The van der Waals surface area contributed by atoms with E-state index in [-0.39, 0.29) is 0 Å². The number of hydrogen-bond donors (Lipinski definition) is 0. The molecule has 5 nitrogen and oxygen atoms in total. The molecule has 0 bridgehead atoms. The van der Waals surface area contributed by atoms with E-state index < -0.39 is 0 Å². The molecule has 21 heavy (non-hydrogen) atoms. The predicted octanol–water partition coefficient (Wildman–Crippen LogP) is 2.47. The fraction of sp³-hybridized carbons (Fsp3) is 0.667. The summed E-state index contributed by atoms with van der Waals surface area (Å²) in [6.45, 7) is 3.85. The van der Waals surface area contributed by atoms with Crippen molar-refractivity contribution in [1.29, 1.82) is 0 Å². The Kier molecular flexibility index (Phi) is 4.73. The lowest BCUT2D eigenvalue weighted by molar-refractivity contribution is -0.134. The van der Waals surface area contributed by atoms with Crippen LogP contribution >= 0.6 is 15.9 Å². The van der Waals surface area contributed by atoms with Gasteiger partial charge in [0.05, 0.1) is 4.47 Å². The first-order valence-corrected chi connectivity index (χ1v) is 8.52. The zero-order valence-electron chi connectivity index (χ0n) is 12.2. The van der Waals surface area contributed by atoms with Gasteiger partial charge in [0, 0.05) is 45.0 Å². The van der Waals surface area contributed by atoms with E-state index in [9.17, 15) is 4.79 Å². The Balaban J connectivity index is 1.50. The maximum Gasteiger partial charge on any atom is 0.225 e. The number of piperidine rings is 2. The first-order valence-electron chi connectivity index (χ1n) is 7.72. The van der Waals surface area contributed by atoms with E-state index in [0.717, 1.165) is 68.7 Å². The molecule has 0 N–H and O–H groups in total. The maximum absolute atomic E-state index is 11.9. The van der Waals surface area contributed by atoms with Crippen molar-refractivity contribution in [2.75, 3.05) is 31.1 Å². The van der Waals surface area contributed by atoms with Crippen LogP contribution in [0.4, 0.5) is 5.95 Å². The minimum Gasteiger partial charge on any atom is -0.342 e. The summed E-state index contributed by atoms with van der Waals surface area (Å²) in [6, 6.07) is 0. The molecule has 1 aromatic rings. The number of hydrogen-bond acceptors (Lipinski definition) is 4. The summed E-state index contributed by atoms with van der Waals surface area (Å²) in [7, 11) is 0. The van der Waals surface area contributed by atoms with Crippen LogP contribution in [0.1, 0.15) is 32.1 Å². The molecule has 0 radical (unpaired) electrons. The lowest BCUT2D eigenvalue weighted by Gasteiger charge is -2.36. The second-order valence-corrected chi connectivity index (χ2v) is 6.84. The second kappa shape index (κ2) is 6.73. The van der Waals surface area contributed by atoms with Crippen LogP contribution in [0.2, 0.25) is 0 Å². The predicted molar refractivity (Wildman–Crippen MR) is 85.1 cm³/mol. The van der Waals surface area contributed by atoms with E-state index in [0.29, 0.717) is 11.8 Å². The molecule has 0 spiro atoms. The highest BCUT2D eigenvalue weighted by molar-refractivity contribution is 9.10. The van der Waals surface area contributed by atoms with Gasteiger partial charge in [-0.1, -0.05) is 0 Å². The van der Waals surface area contributed by atoms with E-state index in [1.807, 2.05) is 0 Å². The van der Waals surface area contributed by atoms with E-state index >= 15 is 0 Å². The molecular formula is C15H21BrN4O. The third-order valence-corrected chi connectivity index (χ3v) is 4.81. The normalized spacial score (nSPS) is 20.9. The SMILES string of the molecule is O=C1CCCCN1CC1CCN(c2ncc(Br)cn2)CC1. The molecule has 2 aliphatic rings. The number of anilines is 1. The summed E-state index contributed by atoms with van der Waals surface area (Å²) < 4.78 is 0.907. The van der Waals surface area contributed by atoms with Crippen LogP contribution in [0.5, 0.6) is 0 Å². The van der Waals surface area contributed by atoms with Gasteiger partial charge in [-0.2, -0.15) is 0 Å². The molecule has 0 unspecified atom stereocenters. The number of rotatable bonds is 3. The highest BCUT2D eigenvalue weighted by Gasteiger charge is 2.25. The Hall–Kier alpha value is -1.17. The Morgan fingerprint density at radius 2 is 1.86 bits per heavy atom. The van der Waals surface area contributed by atoms with Crippen molar-refractivity contribution in [3.63, 3.8) is 0 Å². The van der Waals surface area contributed by atoms with E-state index in [2.05, 4.69) is 35.7 Å². The fourth-order valence-corrected chi connectivity index (χ4v) is 3.36. The van der Waals surface area contributed by atoms with E-state index in [1.54, 1.807) is 12.4 Å². The van der Waals surface area contributed by atoms with Gasteiger partial charge >= 0.3 is 0 Å². The summed E-state index contributed by atoms with van der Waals surface area (Å²) >= 11 is 3.36. The van der Waals surface area contributed by atoms with Crippen molar-refractivity contribution in [3.8, 4) is 0 Å². The number of nitrogens with zero attached hydrogens (tertiary/aromatic N) is 4. The van der Waals surface area contributed by atoms with Crippen molar-refractivity contribution < 1.29 is 4.79 Å². The average Bonchev–Trinajstić information content (AvgIpc) is 2.51. The van der Waals surface area contributed by atoms with Gasteiger partial charge in [0.2, 0.25) is 11.9 Å². The van der Waals surface area contributed by atoms with E-state index in [1.165, 1.54) is 0 Å². The molecule has 114 valence electrons. The van der Waals surface area contributed by atoms with Gasteiger partial charge in [-0.05, 0) is 47.5 Å². The zero-order chi connectivity index (χ0) is 14.7. The summed E-state index contributed by atoms with van der Waals surface area (Å²) in [6.07, 6.45) is 8.78. The topological polar surface area (TPSA) is 49.3 Å². The van der Waals surface area contributed by atoms with E-state index in [4.69, 9.17) is 0 Å². The van der Waals surface area contributed by atoms with Crippen molar-refractivity contribution in [1.82, 2.24) is 14.9 Å². The number of aromatic nitrogens is 2. The molecule has 3 heterocycles. The Morgan fingerprint density at radius 3 is 2.52 bits per heavy atom. The van der Waals surface area contributed by atoms with Gasteiger partial charge in [0.1, 0.15) is 0 Å². The Bertz CT molecular complexity index is 485. The Labute approximate surface area is 133 Å². The summed E-state index contributed by atoms with van der Waals surface area (Å²) in [5.41, 5.74) is 0. The smallest absolute Gasteiger partial charge is 0.225 e. The Morgan fingerprint density at radius 1 is 1.14 bits per heavy atom. The van der Waals surface area contributed by atoms with Gasteiger partial charge in [0.15, 0.2) is 0 Å². The molecule has 0 aromatic carbocycles. The van der Waals surface area contributed by atoms with Crippen LogP contribution in [0.15, 0.2) is 16.9 Å². The zero-order valence-corrected chi connectivity index (χ0v) is 13.8. The molecule has 6 heteroatoms. The van der Waals surface area contributed by atoms with Crippen LogP contribution in [0.3, 0.4) is 0 Å². The van der Waals surface area contributed by atoms with Crippen LogP contribution < -0.4 is 4.90 Å². The molecule has 0 saturated carbocycles.